The Morgan fingerprint density at radius 1 is 1.32 bits per heavy atom. The van der Waals surface area contributed by atoms with Crippen LogP contribution in [0.15, 0.2) is 33.5 Å². The summed E-state index contributed by atoms with van der Waals surface area (Å²) < 4.78 is 16.4. The summed E-state index contributed by atoms with van der Waals surface area (Å²) in [4.78, 5) is 11.4. The van der Waals surface area contributed by atoms with Gasteiger partial charge in [-0.3, -0.25) is 0 Å². The van der Waals surface area contributed by atoms with Gasteiger partial charge in [0.1, 0.15) is 11.3 Å². The molecule has 1 saturated heterocycles. The minimum atomic E-state index is -0.644. The van der Waals surface area contributed by atoms with Crippen LogP contribution in [0.5, 0.6) is 5.75 Å². The summed E-state index contributed by atoms with van der Waals surface area (Å²) in [7, 11) is 0. The molecule has 0 amide bonds. The first-order valence-electron chi connectivity index (χ1n) is 7.20. The Bertz CT molecular complexity index is 722. The molecule has 1 aliphatic rings. The predicted molar refractivity (Wildman–Crippen MR) is 78.8 cm³/mol. The van der Waals surface area contributed by atoms with Crippen LogP contribution < -0.4 is 10.4 Å². The van der Waals surface area contributed by atoms with Crippen molar-refractivity contribution in [3.05, 3.63) is 40.2 Å². The molecular formula is C16H18O6. The van der Waals surface area contributed by atoms with E-state index in [2.05, 4.69) is 0 Å². The molecule has 22 heavy (non-hydrogen) atoms. The van der Waals surface area contributed by atoms with Gasteiger partial charge >= 0.3 is 5.63 Å². The van der Waals surface area contributed by atoms with Crippen LogP contribution >= 0.6 is 0 Å². The van der Waals surface area contributed by atoms with Crippen molar-refractivity contribution in [2.75, 3.05) is 6.61 Å². The lowest BCUT2D eigenvalue weighted by Gasteiger charge is -2.32. The molecule has 0 bridgehead atoms. The Morgan fingerprint density at radius 3 is 2.91 bits per heavy atom. The molecule has 6 nitrogen and oxygen atoms in total. The van der Waals surface area contributed by atoms with Crippen LogP contribution in [0.2, 0.25) is 0 Å². The van der Waals surface area contributed by atoms with Crippen molar-refractivity contribution in [2.45, 2.75) is 38.3 Å². The number of benzene rings is 1. The summed E-state index contributed by atoms with van der Waals surface area (Å²) in [5.41, 5.74) is 0.867. The van der Waals surface area contributed by atoms with Crippen molar-refractivity contribution in [2.24, 2.45) is 0 Å². The van der Waals surface area contributed by atoms with Gasteiger partial charge in [-0.1, -0.05) is 0 Å². The van der Waals surface area contributed by atoms with Crippen molar-refractivity contribution in [1.29, 1.82) is 0 Å². The van der Waals surface area contributed by atoms with Gasteiger partial charge in [0, 0.05) is 30.4 Å². The van der Waals surface area contributed by atoms with Gasteiger partial charge in [0.25, 0.3) is 0 Å². The van der Waals surface area contributed by atoms with Crippen molar-refractivity contribution in [3.8, 4) is 5.75 Å². The molecule has 1 fully saturated rings. The number of fused-ring (bicyclic) bond motifs is 1. The molecule has 1 aromatic heterocycles. The van der Waals surface area contributed by atoms with E-state index >= 15 is 0 Å². The number of aryl methyl sites for hydroxylation is 1. The van der Waals surface area contributed by atoms with Gasteiger partial charge in [0.05, 0.1) is 18.8 Å². The van der Waals surface area contributed by atoms with E-state index in [4.69, 9.17) is 19.0 Å². The molecule has 1 aliphatic heterocycles. The minimum Gasteiger partial charge on any atom is -0.465 e. The highest BCUT2D eigenvalue weighted by Gasteiger charge is 2.29. The Morgan fingerprint density at radius 2 is 2.14 bits per heavy atom. The van der Waals surface area contributed by atoms with Gasteiger partial charge in [-0.2, -0.15) is 0 Å². The SMILES string of the molecule is Cc1cc(=O)oc2cc(OC3CC(O)CC(CO)O3)ccc12. The smallest absolute Gasteiger partial charge is 0.336 e. The first kappa shape index (κ1) is 15.0. The van der Waals surface area contributed by atoms with Gasteiger partial charge in [0.15, 0.2) is 0 Å². The molecular weight excluding hydrogens is 288 g/mol. The minimum absolute atomic E-state index is 0.164. The van der Waals surface area contributed by atoms with E-state index in [0.717, 1.165) is 10.9 Å². The molecule has 0 radical (unpaired) electrons. The van der Waals surface area contributed by atoms with E-state index in [-0.39, 0.29) is 6.61 Å². The summed E-state index contributed by atoms with van der Waals surface area (Å²) in [5.74, 6) is 0.483. The highest BCUT2D eigenvalue weighted by atomic mass is 16.7. The van der Waals surface area contributed by atoms with E-state index in [1.807, 2.05) is 13.0 Å². The van der Waals surface area contributed by atoms with Gasteiger partial charge in [-0.25, -0.2) is 4.79 Å². The largest absolute Gasteiger partial charge is 0.465 e. The quantitative estimate of drug-likeness (QED) is 0.832. The highest BCUT2D eigenvalue weighted by molar-refractivity contribution is 5.81. The molecule has 0 aliphatic carbocycles. The maximum Gasteiger partial charge on any atom is 0.336 e. The average Bonchev–Trinajstić information content (AvgIpc) is 2.46. The summed E-state index contributed by atoms with van der Waals surface area (Å²) >= 11 is 0. The van der Waals surface area contributed by atoms with Crippen molar-refractivity contribution in [3.63, 3.8) is 0 Å². The molecule has 3 rings (SSSR count). The van der Waals surface area contributed by atoms with E-state index < -0.39 is 24.1 Å². The predicted octanol–water partition coefficient (Wildman–Crippen LogP) is 1.34. The third-order valence-corrected chi connectivity index (χ3v) is 3.74. The maximum absolute atomic E-state index is 11.4. The summed E-state index contributed by atoms with van der Waals surface area (Å²) in [6.45, 7) is 1.68. The zero-order valence-electron chi connectivity index (χ0n) is 12.2. The molecule has 1 aromatic carbocycles. The Kier molecular flexibility index (Phi) is 4.15. The summed E-state index contributed by atoms with van der Waals surface area (Å²) in [6, 6.07) is 6.64. The molecule has 3 unspecified atom stereocenters. The Labute approximate surface area is 126 Å². The molecule has 0 saturated carbocycles. The summed E-state index contributed by atoms with van der Waals surface area (Å²) in [6.07, 6.45) is -0.935. The maximum atomic E-state index is 11.4. The van der Waals surface area contributed by atoms with E-state index in [0.29, 0.717) is 24.2 Å². The lowest BCUT2D eigenvalue weighted by atomic mass is 10.1. The zero-order chi connectivity index (χ0) is 15.7. The van der Waals surface area contributed by atoms with Gasteiger partial charge in [-0.15, -0.1) is 0 Å². The fourth-order valence-electron chi connectivity index (χ4n) is 2.67. The zero-order valence-corrected chi connectivity index (χ0v) is 12.2. The number of aliphatic hydroxyl groups excluding tert-OH is 2. The first-order valence-corrected chi connectivity index (χ1v) is 7.20. The lowest BCUT2D eigenvalue weighted by molar-refractivity contribution is -0.184. The Balaban J connectivity index is 1.83. The van der Waals surface area contributed by atoms with Gasteiger partial charge in [0.2, 0.25) is 6.29 Å². The van der Waals surface area contributed by atoms with Crippen LogP contribution in [-0.2, 0) is 4.74 Å². The lowest BCUT2D eigenvalue weighted by Crippen LogP contribution is -2.40. The second kappa shape index (κ2) is 6.08. The molecule has 2 N–H and O–H groups in total. The number of hydrogen-bond acceptors (Lipinski definition) is 6. The summed E-state index contributed by atoms with van der Waals surface area (Å²) in [5, 5.41) is 19.8. The third-order valence-electron chi connectivity index (χ3n) is 3.74. The molecule has 0 spiro atoms. The molecule has 6 heteroatoms. The second-order valence-corrected chi connectivity index (χ2v) is 5.52. The monoisotopic (exact) mass is 306 g/mol. The van der Waals surface area contributed by atoms with Crippen LogP contribution in [0.3, 0.4) is 0 Å². The fraction of sp³-hybridized carbons (Fsp3) is 0.438. The number of ether oxygens (including phenoxy) is 2. The third kappa shape index (κ3) is 3.14. The van der Waals surface area contributed by atoms with E-state index in [9.17, 15) is 9.90 Å². The van der Waals surface area contributed by atoms with Crippen LogP contribution in [0.25, 0.3) is 11.0 Å². The topological polar surface area (TPSA) is 89.1 Å². The van der Waals surface area contributed by atoms with Crippen LogP contribution in [0, 0.1) is 6.92 Å². The molecule has 118 valence electrons. The number of hydrogen-bond donors (Lipinski definition) is 2. The first-order chi connectivity index (χ1) is 10.5. The van der Waals surface area contributed by atoms with Crippen LogP contribution in [-0.4, -0.2) is 35.3 Å². The van der Waals surface area contributed by atoms with Crippen molar-refractivity contribution >= 4 is 11.0 Å². The average molecular weight is 306 g/mol. The molecule has 3 atom stereocenters. The van der Waals surface area contributed by atoms with E-state index in [1.165, 1.54) is 6.07 Å². The fourth-order valence-corrected chi connectivity index (χ4v) is 2.67. The van der Waals surface area contributed by atoms with Crippen molar-refractivity contribution in [1.82, 2.24) is 0 Å². The second-order valence-electron chi connectivity index (χ2n) is 5.52. The normalized spacial score (nSPS) is 25.3. The van der Waals surface area contributed by atoms with Crippen LogP contribution in [0.4, 0.5) is 0 Å². The van der Waals surface area contributed by atoms with Gasteiger partial charge < -0.3 is 24.1 Å². The van der Waals surface area contributed by atoms with Gasteiger partial charge in [-0.05, 0) is 24.6 Å². The highest BCUT2D eigenvalue weighted by Crippen LogP contribution is 2.26. The standard InChI is InChI=1S/C16H18O6/c1-9-4-15(19)22-14-7-11(2-3-13(9)14)20-16-6-10(18)5-12(8-17)21-16/h2-4,7,10,12,16-18H,5-6,8H2,1H3. The Hall–Kier alpha value is -1.89. The molecule has 2 aromatic rings. The number of rotatable bonds is 3. The van der Waals surface area contributed by atoms with Crippen molar-refractivity contribution < 1.29 is 24.1 Å². The molecule has 2 heterocycles. The number of aliphatic hydroxyl groups is 2. The van der Waals surface area contributed by atoms with E-state index in [1.54, 1.807) is 12.1 Å². The van der Waals surface area contributed by atoms with Crippen LogP contribution in [0.1, 0.15) is 18.4 Å².